The fourth-order valence-corrected chi connectivity index (χ4v) is 1.36. The van der Waals surface area contributed by atoms with E-state index in [9.17, 15) is 0 Å². The molecule has 0 atom stereocenters. The molecule has 1 aliphatic heterocycles. The normalized spacial score (nSPS) is 10.3. The number of allylic oxidation sites excluding steroid dienone is 1. The van der Waals surface area contributed by atoms with Gasteiger partial charge in [-0.05, 0) is 30.2 Å². The summed E-state index contributed by atoms with van der Waals surface area (Å²) in [4.78, 5) is 0. The van der Waals surface area contributed by atoms with E-state index in [4.69, 9.17) is 11.0 Å². The maximum absolute atomic E-state index is 5.36. The monoisotopic (exact) mass is 157 g/mol. The van der Waals surface area contributed by atoms with Crippen LogP contribution in [0, 0.1) is 6.58 Å². The molecule has 2 aliphatic rings. The fraction of sp³-hybridized carbons (Fsp3) is 0.0909. The molecular weight excluding hydrogens is 148 g/mol. The molecule has 0 N–H and O–H groups in total. The molecule has 0 saturated heterocycles. The molecule has 1 aliphatic carbocycles. The summed E-state index contributed by atoms with van der Waals surface area (Å²) in [5.41, 5.74) is 2.37. The van der Waals surface area contributed by atoms with Crippen LogP contribution in [-0.4, -0.2) is 0 Å². The third-order valence-corrected chi connectivity index (χ3v) is 1.92. The predicted molar refractivity (Wildman–Crippen MR) is 47.9 cm³/mol. The molecule has 2 rings (SSSR count). The molecule has 1 heteroatoms. The third-order valence-electron chi connectivity index (χ3n) is 1.92. The van der Waals surface area contributed by atoms with Crippen molar-refractivity contribution >= 4 is 0 Å². The van der Waals surface area contributed by atoms with E-state index in [1.54, 1.807) is 12.3 Å². The Labute approximate surface area is 71.7 Å². The highest BCUT2D eigenvalue weighted by molar-refractivity contribution is 5.65. The first-order chi connectivity index (χ1) is 5.92. The smallest absolute Gasteiger partial charge is 0.134 e. The molecule has 12 heavy (non-hydrogen) atoms. The molecule has 0 fully saturated rings. The predicted octanol–water partition coefficient (Wildman–Crippen LogP) is 2.92. The van der Waals surface area contributed by atoms with Gasteiger partial charge in [0.1, 0.15) is 5.76 Å². The molecule has 0 amide bonds. The van der Waals surface area contributed by atoms with E-state index < -0.39 is 0 Å². The number of rotatable bonds is 2. The zero-order valence-corrected chi connectivity index (χ0v) is 6.66. The third kappa shape index (κ3) is 1.03. The van der Waals surface area contributed by atoms with E-state index in [2.05, 4.69) is 0 Å². The molecule has 59 valence electrons. The van der Waals surface area contributed by atoms with Gasteiger partial charge in [-0.1, -0.05) is 18.7 Å². The highest BCUT2D eigenvalue weighted by Crippen LogP contribution is 2.27. The van der Waals surface area contributed by atoms with Crippen LogP contribution in [0.3, 0.4) is 0 Å². The number of fused-ring (bicyclic) bond motifs is 1. The van der Waals surface area contributed by atoms with Crippen molar-refractivity contribution in [3.8, 4) is 11.3 Å². The van der Waals surface area contributed by atoms with E-state index in [0.29, 0.717) is 0 Å². The van der Waals surface area contributed by atoms with Crippen LogP contribution in [-0.2, 0) is 6.42 Å². The largest absolute Gasteiger partial charge is 0.464 e. The van der Waals surface area contributed by atoms with Crippen molar-refractivity contribution < 1.29 is 4.42 Å². The van der Waals surface area contributed by atoms with Crippen LogP contribution < -0.4 is 0 Å². The van der Waals surface area contributed by atoms with Gasteiger partial charge in [0.15, 0.2) is 0 Å². The molecule has 0 aromatic heterocycles. The van der Waals surface area contributed by atoms with Crippen LogP contribution in [0.15, 0.2) is 41.0 Å². The molecule has 1 heterocycles. The van der Waals surface area contributed by atoms with Gasteiger partial charge in [0.05, 0.1) is 6.26 Å². The molecule has 1 radical (unpaired) electrons. The lowest BCUT2D eigenvalue weighted by Gasteiger charge is -1.98. The van der Waals surface area contributed by atoms with Gasteiger partial charge in [0.2, 0.25) is 0 Å². The van der Waals surface area contributed by atoms with Gasteiger partial charge in [-0.3, -0.25) is 0 Å². The van der Waals surface area contributed by atoms with Gasteiger partial charge < -0.3 is 4.42 Å². The summed E-state index contributed by atoms with van der Waals surface area (Å²) in [5, 5.41) is 0. The summed E-state index contributed by atoms with van der Waals surface area (Å²) in [6, 6.07) is 7.94. The van der Waals surface area contributed by atoms with Crippen molar-refractivity contribution in [3.63, 3.8) is 0 Å². The van der Waals surface area contributed by atoms with Crippen molar-refractivity contribution in [2.75, 3.05) is 0 Å². The van der Waals surface area contributed by atoms with Crippen LogP contribution >= 0.6 is 0 Å². The van der Waals surface area contributed by atoms with Crippen molar-refractivity contribution in [2.24, 2.45) is 0 Å². The van der Waals surface area contributed by atoms with E-state index in [1.807, 2.05) is 24.3 Å². The SMILES string of the molecule is [CH]=CCc1ccc2occcc1-2. The average Bonchev–Trinajstić information content (AvgIpc) is 2.50. The topological polar surface area (TPSA) is 13.1 Å². The van der Waals surface area contributed by atoms with Gasteiger partial charge >= 0.3 is 0 Å². The molecule has 0 unspecified atom stereocenters. The summed E-state index contributed by atoms with van der Waals surface area (Å²) in [5.74, 6) is 0.925. The molecule has 0 aromatic rings. The van der Waals surface area contributed by atoms with Crippen LogP contribution in [0.5, 0.6) is 0 Å². The molecular formula is C11H9O. The average molecular weight is 157 g/mol. The zero-order valence-electron chi connectivity index (χ0n) is 6.66. The Kier molecular flexibility index (Phi) is 1.71. The van der Waals surface area contributed by atoms with Crippen molar-refractivity contribution in [1.82, 2.24) is 0 Å². The summed E-state index contributed by atoms with van der Waals surface area (Å²) >= 11 is 0. The molecule has 1 nitrogen and oxygen atoms in total. The first kappa shape index (κ1) is 7.17. The first-order valence-electron chi connectivity index (χ1n) is 3.90. The minimum atomic E-state index is 0.795. The van der Waals surface area contributed by atoms with Gasteiger partial charge in [-0.25, -0.2) is 0 Å². The number of hydrogen-bond donors (Lipinski definition) is 0. The lowest BCUT2D eigenvalue weighted by molar-refractivity contribution is 0.567. The summed E-state index contributed by atoms with van der Waals surface area (Å²) < 4.78 is 5.28. The Hall–Kier alpha value is -1.50. The standard InChI is InChI=1S/C11H9O/c1-2-4-9-6-7-11-10(9)5-3-8-12-11/h1-3,5-8H,4H2. The Morgan fingerprint density at radius 3 is 3.08 bits per heavy atom. The quantitative estimate of drug-likeness (QED) is 0.653. The Morgan fingerprint density at radius 1 is 1.33 bits per heavy atom. The first-order valence-corrected chi connectivity index (χ1v) is 3.90. The van der Waals surface area contributed by atoms with E-state index in [1.165, 1.54) is 5.56 Å². The van der Waals surface area contributed by atoms with E-state index in [-0.39, 0.29) is 0 Å². The Morgan fingerprint density at radius 2 is 2.25 bits per heavy atom. The van der Waals surface area contributed by atoms with Crippen molar-refractivity contribution in [3.05, 3.63) is 48.7 Å². The van der Waals surface area contributed by atoms with Gasteiger partial charge in [-0.2, -0.15) is 0 Å². The van der Waals surface area contributed by atoms with Crippen LogP contribution in [0.4, 0.5) is 0 Å². The van der Waals surface area contributed by atoms with E-state index >= 15 is 0 Å². The van der Waals surface area contributed by atoms with E-state index in [0.717, 1.165) is 17.7 Å². The molecule has 0 saturated carbocycles. The Balaban J connectivity index is 2.52. The maximum Gasteiger partial charge on any atom is 0.134 e. The second-order valence-electron chi connectivity index (χ2n) is 2.69. The van der Waals surface area contributed by atoms with Gasteiger partial charge in [0.25, 0.3) is 0 Å². The molecule has 0 aromatic carbocycles. The molecule has 0 spiro atoms. The maximum atomic E-state index is 5.36. The second-order valence-corrected chi connectivity index (χ2v) is 2.69. The summed E-state index contributed by atoms with van der Waals surface area (Å²) in [7, 11) is 0. The minimum absolute atomic E-state index is 0.795. The van der Waals surface area contributed by atoms with Crippen molar-refractivity contribution in [1.29, 1.82) is 0 Å². The Bertz CT molecular complexity index is 359. The van der Waals surface area contributed by atoms with Gasteiger partial charge in [0, 0.05) is 5.56 Å². The fourth-order valence-electron chi connectivity index (χ4n) is 1.36. The zero-order chi connectivity index (χ0) is 8.39. The number of hydrogen-bond acceptors (Lipinski definition) is 1. The van der Waals surface area contributed by atoms with Crippen LogP contribution in [0.25, 0.3) is 11.3 Å². The van der Waals surface area contributed by atoms with Crippen LogP contribution in [0.2, 0.25) is 0 Å². The van der Waals surface area contributed by atoms with Gasteiger partial charge in [-0.15, -0.1) is 0 Å². The minimum Gasteiger partial charge on any atom is -0.464 e. The highest BCUT2D eigenvalue weighted by Gasteiger charge is 2.08. The second kappa shape index (κ2) is 2.86. The van der Waals surface area contributed by atoms with Crippen molar-refractivity contribution in [2.45, 2.75) is 6.42 Å². The molecule has 0 bridgehead atoms. The summed E-state index contributed by atoms with van der Waals surface area (Å²) in [6.45, 7) is 5.36. The lowest BCUT2D eigenvalue weighted by Crippen LogP contribution is -1.79. The summed E-state index contributed by atoms with van der Waals surface area (Å²) in [6.07, 6.45) is 4.13. The lowest BCUT2D eigenvalue weighted by atomic mass is 10.1. The van der Waals surface area contributed by atoms with Crippen LogP contribution in [0.1, 0.15) is 5.56 Å². The highest BCUT2D eigenvalue weighted by atomic mass is 16.3.